The molecule has 1 saturated heterocycles. The van der Waals surface area contributed by atoms with Crippen molar-refractivity contribution in [2.24, 2.45) is 11.8 Å². The van der Waals surface area contributed by atoms with Crippen LogP contribution >= 0.6 is 0 Å². The van der Waals surface area contributed by atoms with Crippen LogP contribution in [-0.4, -0.2) is 42.8 Å². The second-order valence-electron chi connectivity index (χ2n) is 9.32. The highest BCUT2D eigenvalue weighted by molar-refractivity contribution is 6.03. The Morgan fingerprint density at radius 1 is 1.25 bits per heavy atom. The lowest BCUT2D eigenvalue weighted by Gasteiger charge is -2.45. The standard InChI is InChI=1S/C23H27F2N3O4/c1-4-18-19(27-22(32-18)28-10-23(2,11-28)30-3)21(29)26-14-8-16(24)20(17(25)9-14)31-15-6-12-5-13(12)7-15/h8-9,12-13,15H,4-7,10-11H2,1-3H3,(H,26,29). The van der Waals surface area contributed by atoms with Gasteiger partial charge in [-0.2, -0.15) is 4.98 Å². The van der Waals surface area contributed by atoms with E-state index < -0.39 is 17.5 Å². The maximum Gasteiger partial charge on any atom is 0.298 e. The number of hydrogen-bond donors (Lipinski definition) is 1. The number of nitrogens with one attached hydrogen (secondary N) is 1. The van der Waals surface area contributed by atoms with Gasteiger partial charge in [-0.3, -0.25) is 4.79 Å². The van der Waals surface area contributed by atoms with Crippen LogP contribution in [0.25, 0.3) is 0 Å². The molecule has 3 fully saturated rings. The van der Waals surface area contributed by atoms with E-state index in [1.54, 1.807) is 7.11 Å². The molecule has 0 bridgehead atoms. The number of aromatic nitrogens is 1. The van der Waals surface area contributed by atoms with E-state index >= 15 is 0 Å². The van der Waals surface area contributed by atoms with Crippen LogP contribution < -0.4 is 15.0 Å². The second kappa shape index (κ2) is 7.72. The lowest BCUT2D eigenvalue weighted by Crippen LogP contribution is -2.61. The molecule has 9 heteroatoms. The monoisotopic (exact) mass is 447 g/mol. The minimum atomic E-state index is -0.836. The van der Waals surface area contributed by atoms with Crippen molar-refractivity contribution in [1.82, 2.24) is 4.98 Å². The Morgan fingerprint density at radius 2 is 1.91 bits per heavy atom. The molecule has 2 saturated carbocycles. The molecule has 3 aliphatic rings. The van der Waals surface area contributed by atoms with E-state index in [1.165, 1.54) is 6.42 Å². The number of rotatable bonds is 7. The summed E-state index contributed by atoms with van der Waals surface area (Å²) in [4.78, 5) is 19.0. The molecule has 7 nitrogen and oxygen atoms in total. The quantitative estimate of drug-likeness (QED) is 0.687. The number of carbonyl (C=O) groups is 1. The first-order valence-corrected chi connectivity index (χ1v) is 11.1. The third-order valence-corrected chi connectivity index (χ3v) is 6.78. The number of nitrogens with zero attached hydrogens (tertiary/aromatic N) is 2. The van der Waals surface area contributed by atoms with E-state index in [0.717, 1.165) is 25.0 Å². The molecule has 2 unspecified atom stereocenters. The second-order valence-corrected chi connectivity index (χ2v) is 9.32. The fraction of sp³-hybridized carbons (Fsp3) is 0.565. The number of anilines is 2. The molecule has 1 aromatic heterocycles. The number of oxazole rings is 1. The van der Waals surface area contributed by atoms with Gasteiger partial charge in [-0.15, -0.1) is 0 Å². The normalized spacial score (nSPS) is 25.3. The molecule has 32 heavy (non-hydrogen) atoms. The van der Waals surface area contributed by atoms with Crippen molar-refractivity contribution in [2.45, 2.75) is 51.2 Å². The summed E-state index contributed by atoms with van der Waals surface area (Å²) in [5, 5.41) is 2.53. The van der Waals surface area contributed by atoms with Crippen molar-refractivity contribution >= 4 is 17.6 Å². The largest absolute Gasteiger partial charge is 0.484 e. The lowest BCUT2D eigenvalue weighted by molar-refractivity contribution is -0.0191. The Balaban J connectivity index is 1.28. The predicted molar refractivity (Wildman–Crippen MR) is 113 cm³/mol. The fourth-order valence-corrected chi connectivity index (χ4v) is 4.77. The van der Waals surface area contributed by atoms with Crippen LogP contribution in [0.5, 0.6) is 5.75 Å². The summed E-state index contributed by atoms with van der Waals surface area (Å²) in [7, 11) is 1.65. The van der Waals surface area contributed by atoms with Crippen LogP contribution in [0.2, 0.25) is 0 Å². The van der Waals surface area contributed by atoms with Gasteiger partial charge in [0.1, 0.15) is 11.4 Å². The molecule has 2 atom stereocenters. The smallest absolute Gasteiger partial charge is 0.298 e. The van der Waals surface area contributed by atoms with Gasteiger partial charge in [0.2, 0.25) is 0 Å². The third kappa shape index (κ3) is 3.83. The molecule has 1 amide bonds. The zero-order chi connectivity index (χ0) is 22.6. The van der Waals surface area contributed by atoms with Gasteiger partial charge >= 0.3 is 0 Å². The number of carbonyl (C=O) groups excluding carboxylic acids is 1. The lowest BCUT2D eigenvalue weighted by atomic mass is 9.97. The van der Waals surface area contributed by atoms with Crippen LogP contribution in [0, 0.1) is 23.5 Å². The van der Waals surface area contributed by atoms with Gasteiger partial charge in [-0.25, -0.2) is 8.78 Å². The van der Waals surface area contributed by atoms with Gasteiger partial charge < -0.3 is 24.1 Å². The van der Waals surface area contributed by atoms with Crippen LogP contribution in [0.15, 0.2) is 16.5 Å². The molecule has 2 heterocycles. The first-order chi connectivity index (χ1) is 15.3. The molecule has 5 rings (SSSR count). The molecule has 1 aliphatic heterocycles. The van der Waals surface area contributed by atoms with Crippen LogP contribution in [0.3, 0.4) is 0 Å². The maximum absolute atomic E-state index is 14.6. The molecule has 2 aliphatic carbocycles. The minimum Gasteiger partial charge on any atom is -0.484 e. The van der Waals surface area contributed by atoms with Gasteiger partial charge in [0.25, 0.3) is 11.9 Å². The zero-order valence-corrected chi connectivity index (χ0v) is 18.4. The highest BCUT2D eigenvalue weighted by atomic mass is 19.1. The van der Waals surface area contributed by atoms with Crippen LogP contribution in [0.4, 0.5) is 20.5 Å². The van der Waals surface area contributed by atoms with Crippen molar-refractivity contribution < 1.29 is 27.5 Å². The van der Waals surface area contributed by atoms with E-state index in [0.29, 0.717) is 43.1 Å². The third-order valence-electron chi connectivity index (χ3n) is 6.78. The number of halogens is 2. The number of benzene rings is 1. The van der Waals surface area contributed by atoms with Crippen molar-refractivity contribution in [3.05, 3.63) is 35.2 Å². The van der Waals surface area contributed by atoms with Gasteiger partial charge in [0, 0.05) is 31.4 Å². The maximum atomic E-state index is 14.6. The highest BCUT2D eigenvalue weighted by Crippen LogP contribution is 2.52. The molecular weight excluding hydrogens is 420 g/mol. The fourth-order valence-electron chi connectivity index (χ4n) is 4.77. The number of hydrogen-bond acceptors (Lipinski definition) is 6. The average Bonchev–Trinajstić information content (AvgIpc) is 3.15. The SMILES string of the molecule is CCc1oc(N2CC(C)(OC)C2)nc1C(=O)Nc1cc(F)c(OC2CC3CC3C2)c(F)c1. The Labute approximate surface area is 185 Å². The zero-order valence-electron chi connectivity index (χ0n) is 18.4. The molecule has 0 spiro atoms. The first-order valence-electron chi connectivity index (χ1n) is 11.1. The number of fused-ring (bicyclic) bond motifs is 1. The Kier molecular flexibility index (Phi) is 5.11. The van der Waals surface area contributed by atoms with Crippen molar-refractivity contribution in [3.63, 3.8) is 0 Å². The van der Waals surface area contributed by atoms with Crippen LogP contribution in [0.1, 0.15) is 49.4 Å². The van der Waals surface area contributed by atoms with E-state index in [1.807, 2.05) is 18.7 Å². The summed E-state index contributed by atoms with van der Waals surface area (Å²) in [5.41, 5.74) is -0.185. The topological polar surface area (TPSA) is 76.8 Å². The Hall–Kier alpha value is -2.68. The molecular formula is C23H27F2N3O4. The molecule has 0 radical (unpaired) electrons. The van der Waals surface area contributed by atoms with Gasteiger partial charge in [-0.05, 0) is 38.0 Å². The number of aryl methyl sites for hydroxylation is 1. The summed E-state index contributed by atoms with van der Waals surface area (Å²) in [6.45, 7) is 5.00. The molecule has 1 aromatic carbocycles. The summed E-state index contributed by atoms with van der Waals surface area (Å²) >= 11 is 0. The predicted octanol–water partition coefficient (Wildman–Crippen LogP) is 4.17. The summed E-state index contributed by atoms with van der Waals surface area (Å²) in [5.74, 6) is -0.951. The molecule has 1 N–H and O–H groups in total. The van der Waals surface area contributed by atoms with Crippen molar-refractivity contribution in [1.29, 1.82) is 0 Å². The number of methoxy groups -OCH3 is 1. The molecule has 2 aromatic rings. The summed E-state index contributed by atoms with van der Waals surface area (Å²) in [6, 6.07) is 2.47. The average molecular weight is 447 g/mol. The minimum absolute atomic E-state index is 0.00543. The highest BCUT2D eigenvalue weighted by Gasteiger charge is 2.47. The van der Waals surface area contributed by atoms with E-state index in [4.69, 9.17) is 13.9 Å². The molecule has 172 valence electrons. The van der Waals surface area contributed by atoms with E-state index in [9.17, 15) is 13.6 Å². The van der Waals surface area contributed by atoms with Gasteiger partial charge in [-0.1, -0.05) is 6.92 Å². The van der Waals surface area contributed by atoms with Crippen molar-refractivity contribution in [3.8, 4) is 5.75 Å². The number of amides is 1. The number of ether oxygens (including phenoxy) is 2. The van der Waals surface area contributed by atoms with Gasteiger partial charge in [0.15, 0.2) is 23.1 Å². The van der Waals surface area contributed by atoms with E-state index in [-0.39, 0.29) is 28.8 Å². The first kappa shape index (κ1) is 21.2. The van der Waals surface area contributed by atoms with E-state index in [2.05, 4.69) is 10.3 Å². The van der Waals surface area contributed by atoms with Crippen LogP contribution in [-0.2, 0) is 11.2 Å². The Bertz CT molecular complexity index is 1020. The summed E-state index contributed by atoms with van der Waals surface area (Å²) < 4.78 is 45.9. The van der Waals surface area contributed by atoms with Gasteiger partial charge in [0.05, 0.1) is 19.2 Å². The summed E-state index contributed by atoms with van der Waals surface area (Å²) in [6.07, 6.45) is 3.19. The Morgan fingerprint density at radius 3 is 2.50 bits per heavy atom. The van der Waals surface area contributed by atoms with Crippen molar-refractivity contribution in [2.75, 3.05) is 30.4 Å².